The molecule has 2 N–H and O–H groups in total. The molecule has 1 saturated heterocycles. The highest BCUT2D eigenvalue weighted by molar-refractivity contribution is 5.97. The number of carboxylic acid groups (broad SMARTS) is 1. The minimum atomic E-state index is -0.876. The molecule has 3 amide bonds. The summed E-state index contributed by atoms with van der Waals surface area (Å²) in [5.74, 6) is -1.44. The van der Waals surface area contributed by atoms with Crippen molar-refractivity contribution >= 4 is 23.6 Å². The zero-order valence-electron chi connectivity index (χ0n) is 15.1. The normalized spacial score (nSPS) is 20.1. The van der Waals surface area contributed by atoms with Crippen LogP contribution in [-0.4, -0.2) is 60.0 Å². The van der Waals surface area contributed by atoms with Gasteiger partial charge in [0.1, 0.15) is 0 Å². The summed E-state index contributed by atoms with van der Waals surface area (Å²) >= 11 is 0. The molecule has 0 radical (unpaired) electrons. The highest BCUT2D eigenvalue weighted by atomic mass is 16.4. The van der Waals surface area contributed by atoms with E-state index in [1.165, 1.54) is 9.80 Å². The number of anilines is 1. The number of hydrogen-bond donors (Lipinski definition) is 2. The Balaban J connectivity index is 2.15. The molecule has 0 aliphatic carbocycles. The fourth-order valence-corrected chi connectivity index (χ4v) is 3.04. The second-order valence-electron chi connectivity index (χ2n) is 6.94. The van der Waals surface area contributed by atoms with Gasteiger partial charge in [0.05, 0.1) is 5.92 Å². The predicted octanol–water partition coefficient (Wildman–Crippen LogP) is 2.27. The summed E-state index contributed by atoms with van der Waals surface area (Å²) in [7, 11) is 3.34. The number of aryl methyl sites for hydroxylation is 1. The summed E-state index contributed by atoms with van der Waals surface area (Å²) in [4.78, 5) is 38.9. The maximum Gasteiger partial charge on any atom is 0.321 e. The van der Waals surface area contributed by atoms with Gasteiger partial charge in [0.15, 0.2) is 0 Å². The summed E-state index contributed by atoms with van der Waals surface area (Å²) < 4.78 is 0. The Morgan fingerprint density at radius 2 is 1.92 bits per heavy atom. The van der Waals surface area contributed by atoms with Gasteiger partial charge in [-0.2, -0.15) is 0 Å². The van der Waals surface area contributed by atoms with Crippen molar-refractivity contribution in [3.8, 4) is 0 Å². The van der Waals surface area contributed by atoms with E-state index in [4.69, 9.17) is 0 Å². The van der Waals surface area contributed by atoms with Gasteiger partial charge >= 0.3 is 12.0 Å². The molecule has 1 aromatic carbocycles. The molecule has 25 heavy (non-hydrogen) atoms. The van der Waals surface area contributed by atoms with E-state index in [0.29, 0.717) is 24.2 Å². The Labute approximate surface area is 147 Å². The highest BCUT2D eigenvalue weighted by Gasteiger charge is 2.32. The maximum absolute atomic E-state index is 12.6. The molecular weight excluding hydrogens is 322 g/mol. The second-order valence-corrected chi connectivity index (χ2v) is 6.94. The number of likely N-dealkylation sites (tertiary alicyclic amines) is 1. The Morgan fingerprint density at radius 1 is 1.24 bits per heavy atom. The number of rotatable bonds is 3. The molecule has 7 nitrogen and oxygen atoms in total. The monoisotopic (exact) mass is 347 g/mol. The lowest BCUT2D eigenvalue weighted by atomic mass is 9.91. The molecule has 1 aromatic rings. The molecule has 2 rings (SSSR count). The number of nitrogens with zero attached hydrogens (tertiary/aromatic N) is 2. The molecular formula is C18H25N3O4. The number of urea groups is 1. The van der Waals surface area contributed by atoms with Crippen LogP contribution in [0.1, 0.15) is 29.3 Å². The highest BCUT2D eigenvalue weighted by Crippen LogP contribution is 2.24. The van der Waals surface area contributed by atoms with Gasteiger partial charge in [-0.05, 0) is 37.0 Å². The number of benzene rings is 1. The van der Waals surface area contributed by atoms with Gasteiger partial charge in [-0.15, -0.1) is 0 Å². The molecule has 1 heterocycles. The van der Waals surface area contributed by atoms with Crippen LogP contribution in [0, 0.1) is 18.8 Å². The molecule has 0 bridgehead atoms. The second kappa shape index (κ2) is 7.55. The van der Waals surface area contributed by atoms with Crippen LogP contribution in [0.2, 0.25) is 0 Å². The lowest BCUT2D eigenvalue weighted by molar-refractivity contribution is -0.143. The molecule has 136 valence electrons. The lowest BCUT2D eigenvalue weighted by Gasteiger charge is -2.34. The van der Waals surface area contributed by atoms with Crippen LogP contribution < -0.4 is 5.32 Å². The molecule has 0 saturated carbocycles. The first-order chi connectivity index (χ1) is 11.7. The van der Waals surface area contributed by atoms with Gasteiger partial charge < -0.3 is 20.2 Å². The summed E-state index contributed by atoms with van der Waals surface area (Å²) in [5.41, 5.74) is 1.88. The minimum absolute atomic E-state index is 0.128. The number of aliphatic carboxylic acids is 1. The van der Waals surface area contributed by atoms with Crippen molar-refractivity contribution in [2.75, 3.05) is 32.5 Å². The molecule has 1 aliphatic heterocycles. The van der Waals surface area contributed by atoms with Crippen LogP contribution in [-0.2, 0) is 4.79 Å². The number of amides is 3. The van der Waals surface area contributed by atoms with Crippen LogP contribution in [0.15, 0.2) is 18.2 Å². The fourth-order valence-electron chi connectivity index (χ4n) is 3.04. The van der Waals surface area contributed by atoms with E-state index in [-0.39, 0.29) is 24.4 Å². The average molecular weight is 347 g/mol. The van der Waals surface area contributed by atoms with Gasteiger partial charge in [0.2, 0.25) is 0 Å². The molecule has 0 spiro atoms. The zero-order valence-corrected chi connectivity index (χ0v) is 15.1. The Bertz CT molecular complexity index is 687. The number of carboxylic acids is 1. The average Bonchev–Trinajstić information content (AvgIpc) is 2.55. The van der Waals surface area contributed by atoms with Crippen molar-refractivity contribution in [2.45, 2.75) is 20.3 Å². The van der Waals surface area contributed by atoms with Crippen molar-refractivity contribution in [2.24, 2.45) is 11.8 Å². The van der Waals surface area contributed by atoms with Gasteiger partial charge in [0.25, 0.3) is 5.91 Å². The van der Waals surface area contributed by atoms with Crippen molar-refractivity contribution in [3.63, 3.8) is 0 Å². The Morgan fingerprint density at radius 3 is 2.52 bits per heavy atom. The summed E-state index contributed by atoms with van der Waals surface area (Å²) in [5, 5.41) is 12.1. The first kappa shape index (κ1) is 18.8. The van der Waals surface area contributed by atoms with E-state index >= 15 is 0 Å². The standard InChI is InChI=1S/C18H25N3O4/c1-11-7-14(17(23)24)10-21(9-11)18(25)19-15-8-13(6-5-12(15)2)16(22)20(3)4/h5-6,8,11,14H,7,9-10H2,1-4H3,(H,19,25)(H,23,24). The van der Waals surface area contributed by atoms with Crippen LogP contribution in [0.3, 0.4) is 0 Å². The fraction of sp³-hybridized carbons (Fsp3) is 0.500. The summed E-state index contributed by atoms with van der Waals surface area (Å²) in [6, 6.07) is 4.81. The number of nitrogens with one attached hydrogen (secondary N) is 1. The third-order valence-electron chi connectivity index (χ3n) is 4.43. The number of hydrogen-bond acceptors (Lipinski definition) is 3. The summed E-state index contributed by atoms with van der Waals surface area (Å²) in [6.07, 6.45) is 0.574. The van der Waals surface area contributed by atoms with Gasteiger partial charge in [0, 0.05) is 38.4 Å². The predicted molar refractivity (Wildman–Crippen MR) is 94.7 cm³/mol. The van der Waals surface area contributed by atoms with Crippen molar-refractivity contribution in [3.05, 3.63) is 29.3 Å². The Hall–Kier alpha value is -2.57. The van der Waals surface area contributed by atoms with Crippen LogP contribution >= 0.6 is 0 Å². The topological polar surface area (TPSA) is 90.0 Å². The molecule has 2 atom stereocenters. The van der Waals surface area contributed by atoms with Gasteiger partial charge in [-0.3, -0.25) is 9.59 Å². The number of carbonyl (C=O) groups excluding carboxylic acids is 2. The maximum atomic E-state index is 12.6. The van der Waals surface area contributed by atoms with Crippen LogP contribution in [0.25, 0.3) is 0 Å². The quantitative estimate of drug-likeness (QED) is 0.878. The molecule has 7 heteroatoms. The minimum Gasteiger partial charge on any atom is -0.481 e. The van der Waals surface area contributed by atoms with Crippen LogP contribution in [0.4, 0.5) is 10.5 Å². The largest absolute Gasteiger partial charge is 0.481 e. The first-order valence-corrected chi connectivity index (χ1v) is 8.30. The van der Waals surface area contributed by atoms with E-state index in [1.54, 1.807) is 32.3 Å². The van der Waals surface area contributed by atoms with E-state index in [2.05, 4.69) is 5.32 Å². The van der Waals surface area contributed by atoms with Crippen molar-refractivity contribution in [1.29, 1.82) is 0 Å². The Kier molecular flexibility index (Phi) is 5.66. The van der Waals surface area contributed by atoms with Crippen molar-refractivity contribution in [1.82, 2.24) is 9.80 Å². The smallest absolute Gasteiger partial charge is 0.321 e. The summed E-state index contributed by atoms with van der Waals surface area (Å²) in [6.45, 7) is 4.50. The van der Waals surface area contributed by atoms with E-state index < -0.39 is 11.9 Å². The number of piperidine rings is 1. The lowest BCUT2D eigenvalue weighted by Crippen LogP contribution is -2.47. The third kappa shape index (κ3) is 4.49. The first-order valence-electron chi connectivity index (χ1n) is 8.30. The number of carbonyl (C=O) groups is 3. The van der Waals surface area contributed by atoms with E-state index in [0.717, 1.165) is 5.56 Å². The molecule has 0 aromatic heterocycles. The van der Waals surface area contributed by atoms with Gasteiger partial charge in [-0.25, -0.2) is 4.79 Å². The molecule has 1 aliphatic rings. The molecule has 2 unspecified atom stereocenters. The zero-order chi connectivity index (χ0) is 18.7. The van der Waals surface area contributed by atoms with E-state index in [1.807, 2.05) is 13.8 Å². The SMILES string of the molecule is Cc1ccc(C(=O)N(C)C)cc1NC(=O)N1CC(C)CC(C(=O)O)C1. The van der Waals surface area contributed by atoms with Crippen LogP contribution in [0.5, 0.6) is 0 Å². The molecule has 1 fully saturated rings. The van der Waals surface area contributed by atoms with Crippen molar-refractivity contribution < 1.29 is 19.5 Å². The van der Waals surface area contributed by atoms with Gasteiger partial charge in [-0.1, -0.05) is 13.0 Å². The third-order valence-corrected chi connectivity index (χ3v) is 4.43. The van der Waals surface area contributed by atoms with E-state index in [9.17, 15) is 19.5 Å².